The van der Waals surface area contributed by atoms with E-state index in [1.807, 2.05) is 0 Å². The molecule has 0 bridgehead atoms. The number of imide groups is 1. The molecule has 3 N–H and O–H groups in total. The van der Waals surface area contributed by atoms with Crippen molar-refractivity contribution < 1.29 is 19.4 Å². The summed E-state index contributed by atoms with van der Waals surface area (Å²) in [6.45, 7) is 5.38. The lowest BCUT2D eigenvalue weighted by molar-refractivity contribution is -0.127. The SMILES string of the molecule is CCNC(=O)NC(=O)C(C)N(C)CC1(O)CCOCC1. The van der Waals surface area contributed by atoms with Gasteiger partial charge in [0.15, 0.2) is 0 Å². The third-order valence-electron chi connectivity index (χ3n) is 3.58. The fourth-order valence-electron chi connectivity index (χ4n) is 2.13. The Labute approximate surface area is 119 Å². The number of likely N-dealkylation sites (N-methyl/N-ethyl adjacent to an activating group) is 1. The number of nitrogens with one attached hydrogen (secondary N) is 2. The number of carbonyl (C=O) groups excluding carboxylic acids is 2. The van der Waals surface area contributed by atoms with Crippen LogP contribution in [0.1, 0.15) is 26.7 Å². The lowest BCUT2D eigenvalue weighted by atomic mass is 9.93. The molecule has 0 aromatic heterocycles. The molecule has 1 fully saturated rings. The zero-order valence-corrected chi connectivity index (χ0v) is 12.4. The topological polar surface area (TPSA) is 90.9 Å². The predicted octanol–water partition coefficient (Wildman–Crippen LogP) is -0.306. The number of nitrogens with zero attached hydrogens (tertiary/aromatic N) is 1. The normalized spacial score (nSPS) is 19.4. The van der Waals surface area contributed by atoms with Gasteiger partial charge in [0.25, 0.3) is 0 Å². The van der Waals surface area contributed by atoms with E-state index in [4.69, 9.17) is 4.74 Å². The van der Waals surface area contributed by atoms with Crippen LogP contribution in [0.2, 0.25) is 0 Å². The van der Waals surface area contributed by atoms with E-state index in [9.17, 15) is 14.7 Å². The Kier molecular flexibility index (Phi) is 6.38. The van der Waals surface area contributed by atoms with Gasteiger partial charge in [0.2, 0.25) is 5.91 Å². The predicted molar refractivity (Wildman–Crippen MR) is 74.3 cm³/mol. The highest BCUT2D eigenvalue weighted by Crippen LogP contribution is 2.21. The molecule has 0 aromatic rings. The molecule has 20 heavy (non-hydrogen) atoms. The summed E-state index contributed by atoms with van der Waals surface area (Å²) in [5.41, 5.74) is -0.826. The summed E-state index contributed by atoms with van der Waals surface area (Å²) in [4.78, 5) is 25.0. The van der Waals surface area contributed by atoms with Crippen LogP contribution >= 0.6 is 0 Å². The smallest absolute Gasteiger partial charge is 0.321 e. The van der Waals surface area contributed by atoms with E-state index in [0.717, 1.165) is 0 Å². The molecule has 1 atom stereocenters. The first-order chi connectivity index (χ1) is 9.38. The van der Waals surface area contributed by atoms with E-state index in [0.29, 0.717) is 39.1 Å². The minimum Gasteiger partial charge on any atom is -0.388 e. The molecule has 0 saturated carbocycles. The zero-order valence-electron chi connectivity index (χ0n) is 12.4. The van der Waals surface area contributed by atoms with Crippen molar-refractivity contribution >= 4 is 11.9 Å². The van der Waals surface area contributed by atoms with Crippen LogP contribution in [0.15, 0.2) is 0 Å². The fourth-order valence-corrected chi connectivity index (χ4v) is 2.13. The molecule has 0 aromatic carbocycles. The molecular formula is C13H25N3O4. The maximum Gasteiger partial charge on any atom is 0.321 e. The third-order valence-corrected chi connectivity index (χ3v) is 3.58. The molecule has 7 nitrogen and oxygen atoms in total. The van der Waals surface area contributed by atoms with Crippen LogP contribution in [0.4, 0.5) is 4.79 Å². The van der Waals surface area contributed by atoms with E-state index in [1.54, 1.807) is 25.8 Å². The van der Waals surface area contributed by atoms with Gasteiger partial charge >= 0.3 is 6.03 Å². The van der Waals surface area contributed by atoms with E-state index >= 15 is 0 Å². The van der Waals surface area contributed by atoms with Gasteiger partial charge in [-0.3, -0.25) is 15.0 Å². The number of ether oxygens (including phenoxy) is 1. The van der Waals surface area contributed by atoms with Crippen molar-refractivity contribution in [1.29, 1.82) is 0 Å². The second kappa shape index (κ2) is 7.56. The van der Waals surface area contributed by atoms with Gasteiger partial charge in [0, 0.05) is 39.1 Å². The van der Waals surface area contributed by atoms with Crippen LogP contribution < -0.4 is 10.6 Å². The van der Waals surface area contributed by atoms with E-state index in [-0.39, 0.29) is 5.91 Å². The van der Waals surface area contributed by atoms with Crippen molar-refractivity contribution in [2.24, 2.45) is 0 Å². The van der Waals surface area contributed by atoms with Crippen LogP contribution in [0.5, 0.6) is 0 Å². The Morgan fingerprint density at radius 3 is 2.55 bits per heavy atom. The molecule has 1 saturated heterocycles. The monoisotopic (exact) mass is 287 g/mol. The molecule has 3 amide bonds. The van der Waals surface area contributed by atoms with Gasteiger partial charge in [-0.15, -0.1) is 0 Å². The molecule has 1 unspecified atom stereocenters. The van der Waals surface area contributed by atoms with E-state index in [1.165, 1.54) is 0 Å². The molecule has 1 rings (SSSR count). The summed E-state index contributed by atoms with van der Waals surface area (Å²) in [5.74, 6) is -0.380. The van der Waals surface area contributed by atoms with Crippen LogP contribution in [0.25, 0.3) is 0 Å². The van der Waals surface area contributed by atoms with Gasteiger partial charge in [-0.1, -0.05) is 0 Å². The van der Waals surface area contributed by atoms with Crippen molar-refractivity contribution in [3.05, 3.63) is 0 Å². The summed E-state index contributed by atoms with van der Waals surface area (Å²) < 4.78 is 5.22. The van der Waals surface area contributed by atoms with Crippen molar-refractivity contribution in [3.8, 4) is 0 Å². The first kappa shape index (κ1) is 16.9. The number of rotatable bonds is 5. The van der Waals surface area contributed by atoms with Crippen molar-refractivity contribution in [1.82, 2.24) is 15.5 Å². The van der Waals surface area contributed by atoms with Gasteiger partial charge in [-0.05, 0) is 20.9 Å². The quantitative estimate of drug-likeness (QED) is 0.645. The van der Waals surface area contributed by atoms with E-state index < -0.39 is 17.7 Å². The number of aliphatic hydroxyl groups is 1. The van der Waals surface area contributed by atoms with Gasteiger partial charge < -0.3 is 15.2 Å². The Morgan fingerprint density at radius 1 is 1.40 bits per heavy atom. The maximum absolute atomic E-state index is 11.9. The maximum atomic E-state index is 11.9. The van der Waals surface area contributed by atoms with Gasteiger partial charge in [0.1, 0.15) is 0 Å². The van der Waals surface area contributed by atoms with Gasteiger partial charge in [-0.25, -0.2) is 4.79 Å². The number of carbonyl (C=O) groups is 2. The Bertz CT molecular complexity index is 343. The van der Waals surface area contributed by atoms with Crippen LogP contribution in [-0.2, 0) is 9.53 Å². The molecule has 1 heterocycles. The molecule has 7 heteroatoms. The van der Waals surface area contributed by atoms with Crippen LogP contribution in [-0.4, -0.2) is 66.9 Å². The minimum atomic E-state index is -0.826. The zero-order chi connectivity index (χ0) is 15.2. The molecular weight excluding hydrogens is 262 g/mol. The van der Waals surface area contributed by atoms with Crippen molar-refractivity contribution in [2.75, 3.05) is 33.4 Å². The summed E-state index contributed by atoms with van der Waals surface area (Å²) >= 11 is 0. The summed E-state index contributed by atoms with van der Waals surface area (Å²) in [6, 6.07) is -0.994. The number of urea groups is 1. The Hall–Kier alpha value is -1.18. The molecule has 1 aliphatic rings. The van der Waals surface area contributed by atoms with Gasteiger partial charge in [0.05, 0.1) is 11.6 Å². The summed E-state index contributed by atoms with van der Waals surface area (Å²) in [5, 5.41) is 15.2. The first-order valence-corrected chi connectivity index (χ1v) is 6.97. The number of hydrogen-bond donors (Lipinski definition) is 3. The number of hydrogen-bond acceptors (Lipinski definition) is 5. The van der Waals surface area contributed by atoms with Crippen molar-refractivity contribution in [3.63, 3.8) is 0 Å². The molecule has 0 radical (unpaired) electrons. The first-order valence-electron chi connectivity index (χ1n) is 6.97. The third kappa shape index (κ3) is 5.07. The second-order valence-electron chi connectivity index (χ2n) is 5.28. The van der Waals surface area contributed by atoms with E-state index in [2.05, 4.69) is 10.6 Å². The minimum absolute atomic E-state index is 0.375. The molecule has 0 aliphatic carbocycles. The highest BCUT2D eigenvalue weighted by Gasteiger charge is 2.33. The lowest BCUT2D eigenvalue weighted by Gasteiger charge is -2.37. The molecule has 0 spiro atoms. The largest absolute Gasteiger partial charge is 0.388 e. The summed E-state index contributed by atoms with van der Waals surface area (Å²) in [6.07, 6.45) is 1.12. The highest BCUT2D eigenvalue weighted by molar-refractivity contribution is 5.96. The highest BCUT2D eigenvalue weighted by atomic mass is 16.5. The van der Waals surface area contributed by atoms with Crippen LogP contribution in [0, 0.1) is 0 Å². The number of amides is 3. The Balaban J connectivity index is 2.46. The van der Waals surface area contributed by atoms with Crippen LogP contribution in [0.3, 0.4) is 0 Å². The molecule has 1 aliphatic heterocycles. The fraction of sp³-hybridized carbons (Fsp3) is 0.846. The lowest BCUT2D eigenvalue weighted by Crippen LogP contribution is -2.53. The average Bonchev–Trinajstić information content (AvgIpc) is 2.38. The standard InChI is InChI=1S/C13H25N3O4/c1-4-14-12(18)15-11(17)10(2)16(3)9-13(19)5-7-20-8-6-13/h10,19H,4-9H2,1-3H3,(H2,14,15,17,18). The van der Waals surface area contributed by atoms with Crippen molar-refractivity contribution in [2.45, 2.75) is 38.3 Å². The second-order valence-corrected chi connectivity index (χ2v) is 5.28. The Morgan fingerprint density at radius 2 is 2.00 bits per heavy atom. The summed E-state index contributed by atoms with van der Waals surface area (Å²) in [7, 11) is 1.76. The molecule has 116 valence electrons. The van der Waals surface area contributed by atoms with Gasteiger partial charge in [-0.2, -0.15) is 0 Å². The average molecular weight is 287 g/mol.